The predicted octanol–water partition coefficient (Wildman–Crippen LogP) is 5.28. The first kappa shape index (κ1) is 16.1. The lowest BCUT2D eigenvalue weighted by Gasteiger charge is -2.13. The second-order valence-electron chi connectivity index (χ2n) is 4.29. The highest BCUT2D eigenvalue weighted by Gasteiger charge is 2.09. The van der Waals surface area contributed by atoms with E-state index >= 15 is 0 Å². The Morgan fingerprint density at radius 3 is 2.10 bits per heavy atom. The van der Waals surface area contributed by atoms with Crippen LogP contribution in [-0.4, -0.2) is 14.2 Å². The Morgan fingerprint density at radius 2 is 1.52 bits per heavy atom. The van der Waals surface area contributed by atoms with E-state index in [9.17, 15) is 0 Å². The molecule has 2 rings (SSSR count). The lowest BCUT2D eigenvalue weighted by molar-refractivity contribution is 0.354. The number of nitrogens with one attached hydrogen (secondary N) is 1. The smallest absolute Gasteiger partial charge is 0.161 e. The highest BCUT2D eigenvalue weighted by atomic mass is 35.5. The SMILES string of the molecule is COc1ccc(CNc2c(Cl)cc(Cl)cc2Cl)cc1OC. The van der Waals surface area contributed by atoms with Crippen LogP contribution in [0.3, 0.4) is 0 Å². The molecule has 0 bridgehead atoms. The zero-order valence-electron chi connectivity index (χ0n) is 11.5. The molecule has 0 aromatic heterocycles. The van der Waals surface area contributed by atoms with E-state index in [1.54, 1.807) is 26.4 Å². The van der Waals surface area contributed by atoms with Crippen molar-refractivity contribution in [2.24, 2.45) is 0 Å². The fourth-order valence-electron chi connectivity index (χ4n) is 1.89. The summed E-state index contributed by atoms with van der Waals surface area (Å²) in [4.78, 5) is 0. The highest BCUT2D eigenvalue weighted by Crippen LogP contribution is 2.34. The summed E-state index contributed by atoms with van der Waals surface area (Å²) in [5.74, 6) is 1.36. The molecule has 0 atom stereocenters. The number of halogens is 3. The van der Waals surface area contributed by atoms with Crippen molar-refractivity contribution in [3.05, 3.63) is 51.0 Å². The van der Waals surface area contributed by atoms with Crippen molar-refractivity contribution in [3.8, 4) is 11.5 Å². The second-order valence-corrected chi connectivity index (χ2v) is 5.54. The van der Waals surface area contributed by atoms with Crippen molar-refractivity contribution in [2.75, 3.05) is 19.5 Å². The van der Waals surface area contributed by atoms with Gasteiger partial charge in [-0.2, -0.15) is 0 Å². The van der Waals surface area contributed by atoms with Gasteiger partial charge >= 0.3 is 0 Å². The standard InChI is InChI=1S/C15H14Cl3NO2/c1-20-13-4-3-9(5-14(13)21-2)8-19-15-11(17)6-10(16)7-12(15)18/h3-7,19H,8H2,1-2H3. The van der Waals surface area contributed by atoms with Gasteiger partial charge in [-0.15, -0.1) is 0 Å². The van der Waals surface area contributed by atoms with E-state index in [0.717, 1.165) is 5.56 Å². The Hall–Kier alpha value is -1.29. The number of rotatable bonds is 5. The van der Waals surface area contributed by atoms with Crippen molar-refractivity contribution < 1.29 is 9.47 Å². The summed E-state index contributed by atoms with van der Waals surface area (Å²) in [5, 5.41) is 4.66. The molecule has 1 N–H and O–H groups in total. The highest BCUT2D eigenvalue weighted by molar-refractivity contribution is 6.41. The van der Waals surface area contributed by atoms with Crippen molar-refractivity contribution in [1.82, 2.24) is 0 Å². The van der Waals surface area contributed by atoms with E-state index in [1.807, 2.05) is 18.2 Å². The van der Waals surface area contributed by atoms with E-state index in [1.165, 1.54) is 0 Å². The zero-order chi connectivity index (χ0) is 15.4. The zero-order valence-corrected chi connectivity index (χ0v) is 13.8. The van der Waals surface area contributed by atoms with E-state index in [-0.39, 0.29) is 0 Å². The Morgan fingerprint density at radius 1 is 0.905 bits per heavy atom. The average Bonchev–Trinajstić information content (AvgIpc) is 2.45. The molecule has 0 unspecified atom stereocenters. The number of benzene rings is 2. The number of ether oxygens (including phenoxy) is 2. The van der Waals surface area contributed by atoms with Crippen LogP contribution in [0.2, 0.25) is 15.1 Å². The van der Waals surface area contributed by atoms with Gasteiger partial charge in [-0.05, 0) is 29.8 Å². The largest absolute Gasteiger partial charge is 0.493 e. The van der Waals surface area contributed by atoms with Crippen LogP contribution in [0.4, 0.5) is 5.69 Å². The van der Waals surface area contributed by atoms with Gasteiger partial charge in [0.05, 0.1) is 30.0 Å². The fourth-order valence-corrected chi connectivity index (χ4v) is 2.84. The van der Waals surface area contributed by atoms with Crippen LogP contribution in [0.25, 0.3) is 0 Å². The summed E-state index contributed by atoms with van der Waals surface area (Å²) >= 11 is 18.1. The molecular weight excluding hydrogens is 333 g/mol. The van der Waals surface area contributed by atoms with E-state index < -0.39 is 0 Å². The molecule has 3 nitrogen and oxygen atoms in total. The van der Waals surface area contributed by atoms with Crippen LogP contribution in [0.5, 0.6) is 11.5 Å². The van der Waals surface area contributed by atoms with E-state index in [4.69, 9.17) is 44.3 Å². The molecule has 0 fully saturated rings. The van der Waals surface area contributed by atoms with Crippen LogP contribution >= 0.6 is 34.8 Å². The van der Waals surface area contributed by atoms with Crippen molar-refractivity contribution in [1.29, 1.82) is 0 Å². The topological polar surface area (TPSA) is 30.5 Å². The maximum Gasteiger partial charge on any atom is 0.161 e. The molecule has 0 aliphatic heterocycles. The molecule has 0 aliphatic carbocycles. The van der Waals surface area contributed by atoms with Gasteiger partial charge in [-0.25, -0.2) is 0 Å². The van der Waals surface area contributed by atoms with Crippen LogP contribution in [0, 0.1) is 0 Å². The van der Waals surface area contributed by atoms with Gasteiger partial charge in [-0.1, -0.05) is 40.9 Å². The van der Waals surface area contributed by atoms with Crippen molar-refractivity contribution in [3.63, 3.8) is 0 Å². The molecule has 2 aromatic rings. The maximum atomic E-state index is 6.13. The molecule has 0 saturated heterocycles. The molecular formula is C15H14Cl3NO2. The first-order chi connectivity index (χ1) is 10.0. The molecule has 0 saturated carbocycles. The molecule has 0 heterocycles. The number of hydrogen-bond acceptors (Lipinski definition) is 3. The average molecular weight is 347 g/mol. The van der Waals surface area contributed by atoms with Crippen LogP contribution in [-0.2, 0) is 6.54 Å². The Balaban J connectivity index is 2.17. The normalized spacial score (nSPS) is 10.3. The molecule has 6 heteroatoms. The van der Waals surface area contributed by atoms with E-state index in [2.05, 4.69) is 5.32 Å². The first-order valence-corrected chi connectivity index (χ1v) is 7.28. The second kappa shape index (κ2) is 7.12. The molecule has 2 aromatic carbocycles. The summed E-state index contributed by atoms with van der Waals surface area (Å²) in [6.45, 7) is 0.543. The van der Waals surface area contributed by atoms with Gasteiger partial charge < -0.3 is 14.8 Å². The van der Waals surface area contributed by atoms with Gasteiger partial charge in [-0.3, -0.25) is 0 Å². The van der Waals surface area contributed by atoms with Gasteiger partial charge in [0.25, 0.3) is 0 Å². The monoisotopic (exact) mass is 345 g/mol. The van der Waals surface area contributed by atoms with Crippen molar-refractivity contribution in [2.45, 2.75) is 6.54 Å². The van der Waals surface area contributed by atoms with Crippen LogP contribution < -0.4 is 14.8 Å². The van der Waals surface area contributed by atoms with Crippen LogP contribution in [0.15, 0.2) is 30.3 Å². The van der Waals surface area contributed by atoms with Gasteiger partial charge in [0.1, 0.15) is 0 Å². The van der Waals surface area contributed by atoms with Gasteiger partial charge in [0.2, 0.25) is 0 Å². The third kappa shape index (κ3) is 3.88. The summed E-state index contributed by atoms with van der Waals surface area (Å²) in [7, 11) is 3.20. The van der Waals surface area contributed by atoms with Crippen LogP contribution in [0.1, 0.15) is 5.56 Å². The number of methoxy groups -OCH3 is 2. The Bertz CT molecular complexity index is 624. The summed E-state index contributed by atoms with van der Waals surface area (Å²) < 4.78 is 10.5. The fraction of sp³-hybridized carbons (Fsp3) is 0.200. The first-order valence-electron chi connectivity index (χ1n) is 6.14. The number of anilines is 1. The minimum atomic E-state index is 0.480. The molecule has 112 valence electrons. The van der Waals surface area contributed by atoms with Gasteiger partial charge in [0.15, 0.2) is 11.5 Å². The number of hydrogen-bond donors (Lipinski definition) is 1. The molecule has 0 spiro atoms. The predicted molar refractivity (Wildman–Crippen MR) is 88.3 cm³/mol. The minimum Gasteiger partial charge on any atom is -0.493 e. The Labute approximate surface area is 138 Å². The third-order valence-electron chi connectivity index (χ3n) is 2.92. The minimum absolute atomic E-state index is 0.480. The quantitative estimate of drug-likeness (QED) is 0.799. The summed E-state index contributed by atoms with van der Waals surface area (Å²) in [6.07, 6.45) is 0. The lowest BCUT2D eigenvalue weighted by atomic mass is 10.2. The molecule has 0 aliphatic rings. The molecule has 0 radical (unpaired) electrons. The third-order valence-corrected chi connectivity index (χ3v) is 3.74. The molecule has 21 heavy (non-hydrogen) atoms. The molecule has 0 amide bonds. The summed E-state index contributed by atoms with van der Waals surface area (Å²) in [5.41, 5.74) is 1.66. The maximum absolute atomic E-state index is 6.13. The summed E-state index contributed by atoms with van der Waals surface area (Å²) in [6, 6.07) is 8.97. The Kier molecular flexibility index (Phi) is 5.45. The lowest BCUT2D eigenvalue weighted by Crippen LogP contribution is -2.01. The van der Waals surface area contributed by atoms with E-state index in [0.29, 0.717) is 38.8 Å². The van der Waals surface area contributed by atoms with Gasteiger partial charge in [0, 0.05) is 11.6 Å². The van der Waals surface area contributed by atoms with Crippen molar-refractivity contribution >= 4 is 40.5 Å².